The third kappa shape index (κ3) is 3.54. The van der Waals surface area contributed by atoms with E-state index >= 15 is 0 Å². The largest absolute Gasteiger partial charge is 0.366 e. The van der Waals surface area contributed by atoms with Crippen molar-refractivity contribution in [3.8, 4) is 0 Å². The summed E-state index contributed by atoms with van der Waals surface area (Å²) in [5, 5.41) is 4.53. The van der Waals surface area contributed by atoms with Gasteiger partial charge in [0.1, 0.15) is 0 Å². The number of rotatable bonds is 5. The summed E-state index contributed by atoms with van der Waals surface area (Å²) < 4.78 is 2.20. The number of fused-ring (bicyclic) bond motifs is 3. The van der Waals surface area contributed by atoms with Gasteiger partial charge in [-0.1, -0.05) is 38.1 Å². The van der Waals surface area contributed by atoms with Crippen LogP contribution in [0.25, 0.3) is 21.8 Å². The van der Waals surface area contributed by atoms with Gasteiger partial charge in [0.25, 0.3) is 0 Å². The lowest BCUT2D eigenvalue weighted by Gasteiger charge is -2.11. The summed E-state index contributed by atoms with van der Waals surface area (Å²) in [6.07, 6.45) is 0. The maximum Gasteiger partial charge on any atom is 0.249 e. The summed E-state index contributed by atoms with van der Waals surface area (Å²) in [5.74, 6) is -0.175. The minimum absolute atomic E-state index is 0.0964. The van der Waals surface area contributed by atoms with Crippen molar-refractivity contribution in [1.29, 1.82) is 0 Å². The van der Waals surface area contributed by atoms with E-state index in [2.05, 4.69) is 35.9 Å². The van der Waals surface area contributed by atoms with Crippen LogP contribution in [0.1, 0.15) is 48.2 Å². The van der Waals surface area contributed by atoms with Crippen molar-refractivity contribution in [2.45, 2.75) is 33.2 Å². The lowest BCUT2D eigenvalue weighted by molar-refractivity contribution is -0.114. The molecule has 3 N–H and O–H groups in total. The first-order valence-electron chi connectivity index (χ1n) is 9.98. The highest BCUT2D eigenvalue weighted by Crippen LogP contribution is 2.34. The van der Waals surface area contributed by atoms with Crippen LogP contribution in [0.15, 0.2) is 54.6 Å². The number of hydrogen-bond donors (Lipinski definition) is 2. The van der Waals surface area contributed by atoms with Crippen LogP contribution < -0.4 is 11.1 Å². The third-order valence-electron chi connectivity index (χ3n) is 5.36. The second-order valence-electron chi connectivity index (χ2n) is 7.88. The fraction of sp³-hybridized carbons (Fsp3) is 0.200. The first kappa shape index (κ1) is 19.7. The molecule has 0 saturated carbocycles. The van der Waals surface area contributed by atoms with Crippen molar-refractivity contribution in [3.05, 3.63) is 77.4 Å². The molecule has 0 bridgehead atoms. The molecular weight excluding hydrogens is 374 g/mol. The normalized spacial score (nSPS) is 11.3. The maximum absolute atomic E-state index is 12.1. The van der Waals surface area contributed by atoms with Crippen molar-refractivity contribution in [2.75, 3.05) is 5.32 Å². The maximum atomic E-state index is 12.1. The minimum atomic E-state index is -0.444. The van der Waals surface area contributed by atoms with E-state index in [1.54, 1.807) is 6.07 Å². The highest BCUT2D eigenvalue weighted by molar-refractivity contribution is 6.17. The molecule has 0 fully saturated rings. The highest BCUT2D eigenvalue weighted by Gasteiger charge is 2.17. The van der Waals surface area contributed by atoms with Gasteiger partial charge in [-0.3, -0.25) is 9.59 Å². The van der Waals surface area contributed by atoms with Crippen LogP contribution in [0.5, 0.6) is 0 Å². The van der Waals surface area contributed by atoms with E-state index < -0.39 is 5.91 Å². The predicted octanol–water partition coefficient (Wildman–Crippen LogP) is 4.82. The van der Waals surface area contributed by atoms with Crippen molar-refractivity contribution in [1.82, 2.24) is 4.57 Å². The van der Waals surface area contributed by atoms with Crippen molar-refractivity contribution in [3.63, 3.8) is 0 Å². The van der Waals surface area contributed by atoms with Gasteiger partial charge < -0.3 is 15.6 Å². The smallest absolute Gasteiger partial charge is 0.249 e. The fourth-order valence-corrected chi connectivity index (χ4v) is 3.86. The molecule has 0 spiro atoms. The van der Waals surface area contributed by atoms with E-state index in [9.17, 15) is 9.59 Å². The van der Waals surface area contributed by atoms with Crippen LogP contribution in [-0.2, 0) is 11.3 Å². The van der Waals surface area contributed by atoms with Crippen LogP contribution in [0.3, 0.4) is 0 Å². The molecule has 1 heterocycles. The second-order valence-corrected chi connectivity index (χ2v) is 7.88. The van der Waals surface area contributed by atoms with Gasteiger partial charge in [-0.15, -0.1) is 0 Å². The first-order chi connectivity index (χ1) is 14.3. The molecule has 0 aliphatic heterocycles. The van der Waals surface area contributed by atoms with E-state index in [1.165, 1.54) is 12.5 Å². The summed E-state index contributed by atoms with van der Waals surface area (Å²) >= 11 is 0. The van der Waals surface area contributed by atoms with Crippen molar-refractivity contribution < 1.29 is 9.59 Å². The monoisotopic (exact) mass is 398 g/mol. The van der Waals surface area contributed by atoms with Gasteiger partial charge in [0, 0.05) is 35.5 Å². The van der Waals surface area contributed by atoms with Gasteiger partial charge in [0.05, 0.1) is 11.0 Å². The van der Waals surface area contributed by atoms with Gasteiger partial charge in [-0.2, -0.15) is 0 Å². The molecule has 0 aliphatic carbocycles. The predicted molar refractivity (Wildman–Crippen MR) is 121 cm³/mol. The van der Waals surface area contributed by atoms with Gasteiger partial charge >= 0.3 is 0 Å². The van der Waals surface area contributed by atoms with E-state index in [4.69, 9.17) is 5.73 Å². The average Bonchev–Trinajstić information content (AvgIpc) is 3.02. The number of benzene rings is 3. The molecule has 4 rings (SSSR count). The summed E-state index contributed by atoms with van der Waals surface area (Å²) in [6.45, 7) is 6.41. The fourth-order valence-electron chi connectivity index (χ4n) is 3.86. The van der Waals surface area contributed by atoms with E-state index in [0.717, 1.165) is 33.1 Å². The van der Waals surface area contributed by atoms with Crippen LogP contribution in [0.4, 0.5) is 5.69 Å². The molecule has 30 heavy (non-hydrogen) atoms. The third-order valence-corrected chi connectivity index (χ3v) is 5.36. The Bertz CT molecular complexity index is 1270. The molecule has 0 atom stereocenters. The standard InChI is InChI=1S/C25H24N3O2/c1-15(2)18-9-12-20-23(13-18)28(22-6-4-5-21(24(20)22)25(26)30)14-17-7-10-19(11-8-17)27-16(3)29/h4-11,13,15H,14H2,1-3H3,(H2,26,30)(H,27,29). The molecule has 5 nitrogen and oxygen atoms in total. The molecule has 0 saturated heterocycles. The van der Waals surface area contributed by atoms with Gasteiger partial charge in [-0.25, -0.2) is 0 Å². The number of anilines is 1. The summed E-state index contributed by atoms with van der Waals surface area (Å²) in [6, 6.07) is 21.0. The molecule has 1 aromatic heterocycles. The molecule has 151 valence electrons. The SMILES string of the molecule is CC(=O)Nc1ccc(Cn2c3cc(C(C)C)c[c]c3c3c(C(N)=O)cccc32)cc1. The Kier molecular flexibility index (Phi) is 5.04. The van der Waals surface area contributed by atoms with Crippen molar-refractivity contribution in [2.24, 2.45) is 5.73 Å². The Labute approximate surface area is 175 Å². The lowest BCUT2D eigenvalue weighted by Crippen LogP contribution is -2.11. The number of amides is 2. The van der Waals surface area contributed by atoms with Crippen LogP contribution in [-0.4, -0.2) is 16.4 Å². The Morgan fingerprint density at radius 1 is 1.10 bits per heavy atom. The molecule has 0 unspecified atom stereocenters. The number of primary amides is 1. The highest BCUT2D eigenvalue weighted by atomic mass is 16.1. The van der Waals surface area contributed by atoms with E-state index in [0.29, 0.717) is 18.0 Å². The van der Waals surface area contributed by atoms with E-state index in [-0.39, 0.29) is 5.91 Å². The second kappa shape index (κ2) is 7.67. The number of aromatic nitrogens is 1. The molecule has 2 amide bonds. The van der Waals surface area contributed by atoms with Crippen LogP contribution in [0, 0.1) is 6.07 Å². The molecule has 3 aromatic carbocycles. The van der Waals surface area contributed by atoms with Crippen LogP contribution >= 0.6 is 0 Å². The number of carbonyl (C=O) groups excluding carboxylic acids is 2. The van der Waals surface area contributed by atoms with Crippen molar-refractivity contribution >= 4 is 39.3 Å². The molecule has 1 radical (unpaired) electrons. The van der Waals surface area contributed by atoms with Gasteiger partial charge in [0.15, 0.2) is 0 Å². The van der Waals surface area contributed by atoms with Gasteiger partial charge in [0.2, 0.25) is 11.8 Å². The Balaban J connectivity index is 1.90. The summed E-state index contributed by atoms with van der Waals surface area (Å²) in [5.41, 5.74) is 11.2. The number of nitrogens with one attached hydrogen (secondary N) is 1. The summed E-state index contributed by atoms with van der Waals surface area (Å²) in [7, 11) is 0. The molecule has 5 heteroatoms. The first-order valence-corrected chi connectivity index (χ1v) is 9.98. The lowest BCUT2D eigenvalue weighted by atomic mass is 10.00. The number of carbonyl (C=O) groups is 2. The quantitative estimate of drug-likeness (QED) is 0.505. The molecule has 0 aliphatic rings. The topological polar surface area (TPSA) is 77.1 Å². The Morgan fingerprint density at radius 2 is 1.83 bits per heavy atom. The van der Waals surface area contributed by atoms with Gasteiger partial charge in [-0.05, 0) is 53.4 Å². The molecule has 4 aromatic rings. The van der Waals surface area contributed by atoms with Crippen LogP contribution in [0.2, 0.25) is 0 Å². The average molecular weight is 398 g/mol. The minimum Gasteiger partial charge on any atom is -0.366 e. The molecular formula is C25H24N3O2. The Morgan fingerprint density at radius 3 is 2.47 bits per heavy atom. The summed E-state index contributed by atoms with van der Waals surface area (Å²) in [4.78, 5) is 23.4. The van der Waals surface area contributed by atoms with E-state index in [1.807, 2.05) is 42.5 Å². The number of hydrogen-bond acceptors (Lipinski definition) is 2. The zero-order chi connectivity index (χ0) is 21.4. The number of nitrogens with zero attached hydrogens (tertiary/aromatic N) is 1. The Hall–Kier alpha value is -3.60. The zero-order valence-electron chi connectivity index (χ0n) is 17.3. The zero-order valence-corrected chi connectivity index (χ0v) is 17.3. The number of nitrogens with two attached hydrogens (primary N) is 1.